The van der Waals surface area contributed by atoms with Crippen molar-refractivity contribution < 1.29 is 27.9 Å². The maximum atomic E-state index is 12.2. The van der Waals surface area contributed by atoms with Crippen molar-refractivity contribution in [1.29, 1.82) is 0 Å². The predicted octanol–water partition coefficient (Wildman–Crippen LogP) is 3.52. The van der Waals surface area contributed by atoms with E-state index in [0.29, 0.717) is 17.2 Å². The van der Waals surface area contributed by atoms with Crippen molar-refractivity contribution in [2.24, 2.45) is 5.92 Å². The Kier molecular flexibility index (Phi) is 7.13. The molecule has 0 radical (unpaired) electrons. The number of rotatable bonds is 3. The molecule has 1 aliphatic rings. The highest BCUT2D eigenvalue weighted by atomic mass is 19.4. The Morgan fingerprint density at radius 3 is 2.34 bits per heavy atom. The molecule has 0 aliphatic carbocycles. The van der Waals surface area contributed by atoms with Crippen molar-refractivity contribution in [3.8, 4) is 0 Å². The number of alkyl halides is 3. The molecule has 1 atom stereocenters. The lowest BCUT2D eigenvalue weighted by Gasteiger charge is -2.15. The lowest BCUT2D eigenvalue weighted by atomic mass is 10.1. The number of anilines is 2. The van der Waals surface area contributed by atoms with Crippen molar-refractivity contribution >= 4 is 23.5 Å². The zero-order valence-electron chi connectivity index (χ0n) is 15.9. The normalized spacial score (nSPS) is 16.0. The van der Waals surface area contributed by atoms with Gasteiger partial charge in [0.2, 0.25) is 5.95 Å². The third-order valence-electron chi connectivity index (χ3n) is 4.13. The van der Waals surface area contributed by atoms with Gasteiger partial charge in [-0.05, 0) is 31.4 Å². The Morgan fingerprint density at radius 2 is 1.86 bits per heavy atom. The fourth-order valence-electron chi connectivity index (χ4n) is 2.66. The number of nitrogens with one attached hydrogen (secondary N) is 1. The van der Waals surface area contributed by atoms with Crippen LogP contribution in [0.15, 0.2) is 36.7 Å². The SMILES string of the molecule is Cc1cccc(C(=O)Nc2cnc(N3CCC(C)C3)nc2)c1.O=C(O)C(F)(F)F. The lowest BCUT2D eigenvalue weighted by molar-refractivity contribution is -0.192. The summed E-state index contributed by atoms with van der Waals surface area (Å²) < 4.78 is 31.7. The Hall–Kier alpha value is -3.17. The van der Waals surface area contributed by atoms with Crippen LogP contribution in [-0.2, 0) is 4.79 Å². The number of aryl methyl sites for hydroxylation is 1. The fourth-order valence-corrected chi connectivity index (χ4v) is 2.66. The summed E-state index contributed by atoms with van der Waals surface area (Å²) in [6.07, 6.45) is -0.576. The van der Waals surface area contributed by atoms with Crippen LogP contribution in [0.25, 0.3) is 0 Å². The van der Waals surface area contributed by atoms with Gasteiger partial charge in [0, 0.05) is 18.7 Å². The van der Waals surface area contributed by atoms with Gasteiger partial charge in [-0.2, -0.15) is 13.2 Å². The Balaban J connectivity index is 0.000000370. The zero-order chi connectivity index (χ0) is 21.6. The average Bonchev–Trinajstić information content (AvgIpc) is 3.08. The molecule has 156 valence electrons. The van der Waals surface area contributed by atoms with Crippen molar-refractivity contribution in [3.63, 3.8) is 0 Å². The molecule has 3 rings (SSSR count). The highest BCUT2D eigenvalue weighted by Gasteiger charge is 2.38. The summed E-state index contributed by atoms with van der Waals surface area (Å²) >= 11 is 0. The molecule has 0 saturated carbocycles. The van der Waals surface area contributed by atoms with E-state index < -0.39 is 12.1 Å². The van der Waals surface area contributed by atoms with E-state index in [1.54, 1.807) is 18.5 Å². The number of benzene rings is 1. The molecular weight excluding hydrogens is 389 g/mol. The van der Waals surface area contributed by atoms with Gasteiger partial charge in [-0.15, -0.1) is 0 Å². The second-order valence-electron chi connectivity index (χ2n) is 6.74. The number of halogens is 3. The predicted molar refractivity (Wildman–Crippen MR) is 101 cm³/mol. The number of carboxylic acids is 1. The maximum Gasteiger partial charge on any atom is 0.490 e. The molecule has 1 saturated heterocycles. The topological polar surface area (TPSA) is 95.4 Å². The van der Waals surface area contributed by atoms with Gasteiger partial charge >= 0.3 is 12.1 Å². The van der Waals surface area contributed by atoms with Crippen LogP contribution in [0.2, 0.25) is 0 Å². The van der Waals surface area contributed by atoms with Crippen molar-refractivity contribution in [1.82, 2.24) is 9.97 Å². The fraction of sp³-hybridized carbons (Fsp3) is 0.368. The molecule has 1 aromatic heterocycles. The van der Waals surface area contributed by atoms with Gasteiger partial charge in [-0.1, -0.05) is 24.6 Å². The molecular formula is C19H21F3N4O3. The van der Waals surface area contributed by atoms with E-state index in [2.05, 4.69) is 27.1 Å². The quantitative estimate of drug-likeness (QED) is 0.804. The Labute approximate surface area is 165 Å². The number of nitrogens with zero attached hydrogens (tertiary/aromatic N) is 3. The molecule has 10 heteroatoms. The summed E-state index contributed by atoms with van der Waals surface area (Å²) in [4.78, 5) is 32.0. The Bertz CT molecular complexity index is 857. The van der Waals surface area contributed by atoms with Crippen LogP contribution in [0.5, 0.6) is 0 Å². The van der Waals surface area contributed by atoms with Crippen LogP contribution in [-0.4, -0.2) is 46.2 Å². The molecule has 0 bridgehead atoms. The second kappa shape index (κ2) is 9.35. The molecule has 1 unspecified atom stereocenters. The minimum Gasteiger partial charge on any atom is -0.475 e. The second-order valence-corrected chi connectivity index (χ2v) is 6.74. The van der Waals surface area contributed by atoms with Gasteiger partial charge in [-0.3, -0.25) is 4.79 Å². The van der Waals surface area contributed by atoms with Gasteiger partial charge in [0.15, 0.2) is 0 Å². The third-order valence-corrected chi connectivity index (χ3v) is 4.13. The molecule has 1 aliphatic heterocycles. The number of aromatic nitrogens is 2. The first-order valence-corrected chi connectivity index (χ1v) is 8.81. The first-order valence-electron chi connectivity index (χ1n) is 8.81. The van der Waals surface area contributed by atoms with Gasteiger partial charge < -0.3 is 15.3 Å². The van der Waals surface area contributed by atoms with Gasteiger partial charge in [-0.25, -0.2) is 14.8 Å². The maximum absolute atomic E-state index is 12.2. The number of hydrogen-bond donors (Lipinski definition) is 2. The standard InChI is InChI=1S/C17H20N4O.C2HF3O2/c1-12-4-3-5-14(8-12)16(22)20-15-9-18-17(19-10-15)21-7-6-13(2)11-21;3-2(4,5)1(6)7/h3-5,8-10,13H,6-7,11H2,1-2H3,(H,20,22);(H,6,7). The molecule has 1 amide bonds. The molecule has 2 heterocycles. The number of amides is 1. The number of carbonyl (C=O) groups is 2. The summed E-state index contributed by atoms with van der Waals surface area (Å²) in [5, 5.41) is 9.95. The van der Waals surface area contributed by atoms with Gasteiger partial charge in [0.1, 0.15) is 0 Å². The van der Waals surface area contributed by atoms with Gasteiger partial charge in [0.05, 0.1) is 18.1 Å². The molecule has 0 spiro atoms. The van der Waals surface area contributed by atoms with Crippen LogP contribution in [0.4, 0.5) is 24.8 Å². The monoisotopic (exact) mass is 410 g/mol. The first kappa shape index (κ1) is 22.1. The number of carboxylic acid groups (broad SMARTS) is 1. The summed E-state index contributed by atoms with van der Waals surface area (Å²) in [6.45, 7) is 6.19. The minimum atomic E-state index is -5.08. The van der Waals surface area contributed by atoms with Crippen molar-refractivity contribution in [2.45, 2.75) is 26.4 Å². The van der Waals surface area contributed by atoms with Gasteiger partial charge in [0.25, 0.3) is 5.91 Å². The van der Waals surface area contributed by atoms with Crippen LogP contribution < -0.4 is 10.2 Å². The van der Waals surface area contributed by atoms with Crippen LogP contribution in [0.3, 0.4) is 0 Å². The number of aliphatic carboxylic acids is 1. The molecule has 1 aromatic carbocycles. The van der Waals surface area contributed by atoms with Crippen molar-refractivity contribution in [3.05, 3.63) is 47.8 Å². The largest absolute Gasteiger partial charge is 0.490 e. The van der Waals surface area contributed by atoms with E-state index in [0.717, 1.165) is 24.6 Å². The summed E-state index contributed by atoms with van der Waals surface area (Å²) in [5.74, 6) is -1.48. The van der Waals surface area contributed by atoms with E-state index in [1.165, 1.54) is 6.42 Å². The summed E-state index contributed by atoms with van der Waals surface area (Å²) in [7, 11) is 0. The van der Waals surface area contributed by atoms with Crippen molar-refractivity contribution in [2.75, 3.05) is 23.3 Å². The summed E-state index contributed by atoms with van der Waals surface area (Å²) in [5.41, 5.74) is 2.31. The third kappa shape index (κ3) is 6.74. The highest BCUT2D eigenvalue weighted by molar-refractivity contribution is 6.04. The highest BCUT2D eigenvalue weighted by Crippen LogP contribution is 2.20. The van der Waals surface area contributed by atoms with E-state index in [4.69, 9.17) is 9.90 Å². The summed E-state index contributed by atoms with van der Waals surface area (Å²) in [6, 6.07) is 7.49. The minimum absolute atomic E-state index is 0.144. The van der Waals surface area contributed by atoms with E-state index >= 15 is 0 Å². The first-order chi connectivity index (χ1) is 13.6. The lowest BCUT2D eigenvalue weighted by Crippen LogP contribution is -2.21. The Morgan fingerprint density at radius 1 is 1.24 bits per heavy atom. The van der Waals surface area contributed by atoms with Crippen LogP contribution in [0, 0.1) is 12.8 Å². The smallest absolute Gasteiger partial charge is 0.475 e. The van der Waals surface area contributed by atoms with E-state index in [1.807, 2.05) is 25.1 Å². The van der Waals surface area contributed by atoms with Crippen LogP contribution in [0.1, 0.15) is 29.3 Å². The molecule has 2 aromatic rings. The molecule has 1 fully saturated rings. The molecule has 2 N–H and O–H groups in total. The van der Waals surface area contributed by atoms with E-state index in [9.17, 15) is 18.0 Å². The molecule has 29 heavy (non-hydrogen) atoms. The van der Waals surface area contributed by atoms with E-state index in [-0.39, 0.29) is 5.91 Å². The average molecular weight is 410 g/mol. The number of carbonyl (C=O) groups excluding carboxylic acids is 1. The number of hydrogen-bond acceptors (Lipinski definition) is 5. The molecule has 7 nitrogen and oxygen atoms in total. The van der Waals surface area contributed by atoms with Crippen LogP contribution >= 0.6 is 0 Å². The zero-order valence-corrected chi connectivity index (χ0v) is 15.9.